The molecule has 2 aromatic rings. The molecule has 0 bridgehead atoms. The van der Waals surface area contributed by atoms with Crippen molar-refractivity contribution in [3.8, 4) is 5.75 Å². The quantitative estimate of drug-likeness (QED) is 0.167. The molecule has 6 rings (SSSR count). The van der Waals surface area contributed by atoms with E-state index in [1.165, 1.54) is 4.90 Å². The van der Waals surface area contributed by atoms with Crippen LogP contribution in [0.25, 0.3) is 0 Å². The summed E-state index contributed by atoms with van der Waals surface area (Å²) in [7, 11) is 0. The maximum Gasteiger partial charge on any atom is 0.343 e. The van der Waals surface area contributed by atoms with Crippen LogP contribution in [0.4, 0.5) is 0 Å². The highest BCUT2D eigenvalue weighted by atomic mass is 16.5. The average molecular weight is 553 g/mol. The van der Waals surface area contributed by atoms with Gasteiger partial charge in [-0.3, -0.25) is 25.2 Å². The third kappa shape index (κ3) is 3.70. The fraction of sp³-hybridized carbons (Fsp3) is 0.462. The van der Waals surface area contributed by atoms with Crippen LogP contribution in [0.2, 0.25) is 0 Å². The number of benzene rings is 1. The molecule has 40 heavy (non-hydrogen) atoms. The number of ether oxygens (including phenoxy) is 1. The highest BCUT2D eigenvalue weighted by Gasteiger charge is 2.76. The number of nitrogens with zero attached hydrogens (tertiary/aromatic N) is 2. The molecule has 1 fully saturated rings. The van der Waals surface area contributed by atoms with Crippen molar-refractivity contribution in [2.24, 2.45) is 16.5 Å². The molecule has 4 aliphatic rings. The van der Waals surface area contributed by atoms with Gasteiger partial charge in [-0.05, 0) is 30.0 Å². The SMILES string of the molecule is CC1(C)CCOc2c(C(=O)NC3CN4C(N)=N[C@@H](CNC(=O)c5ccc[nH]5)[C@@H]5[NH+]=C(N)NC54C3(O)O)cccc21. The number of nitrogens with one attached hydrogen (secondary N) is 5. The first kappa shape index (κ1) is 26.0. The second-order valence-corrected chi connectivity index (χ2v) is 11.3. The van der Waals surface area contributed by atoms with Gasteiger partial charge in [-0.1, -0.05) is 26.0 Å². The lowest BCUT2D eigenvalue weighted by Gasteiger charge is -2.46. The number of hydrogen-bond acceptors (Lipinski definition) is 10. The summed E-state index contributed by atoms with van der Waals surface area (Å²) in [5.41, 5.74) is 12.2. The van der Waals surface area contributed by atoms with E-state index in [1.807, 2.05) is 6.07 Å². The van der Waals surface area contributed by atoms with Gasteiger partial charge in [0.05, 0.1) is 18.7 Å². The normalized spacial score (nSPS) is 29.1. The lowest BCUT2D eigenvalue weighted by Crippen LogP contribution is -2.90. The molecule has 0 saturated carbocycles. The lowest BCUT2D eigenvalue weighted by molar-refractivity contribution is -0.521. The first-order valence-corrected chi connectivity index (χ1v) is 13.2. The molecule has 11 N–H and O–H groups in total. The number of fused-ring (bicyclic) bond motifs is 1. The predicted molar refractivity (Wildman–Crippen MR) is 143 cm³/mol. The molecule has 14 heteroatoms. The van der Waals surface area contributed by atoms with Crippen LogP contribution in [-0.2, 0) is 5.41 Å². The van der Waals surface area contributed by atoms with Crippen LogP contribution in [0.3, 0.4) is 0 Å². The van der Waals surface area contributed by atoms with Crippen molar-refractivity contribution in [1.82, 2.24) is 25.8 Å². The van der Waals surface area contributed by atoms with Gasteiger partial charge in [-0.15, -0.1) is 0 Å². The molecule has 4 aliphatic heterocycles. The van der Waals surface area contributed by atoms with Crippen molar-refractivity contribution in [3.63, 3.8) is 0 Å². The summed E-state index contributed by atoms with van der Waals surface area (Å²) >= 11 is 0. The van der Waals surface area contributed by atoms with Crippen LogP contribution in [0.15, 0.2) is 41.5 Å². The predicted octanol–water partition coefficient (Wildman–Crippen LogP) is -3.64. The van der Waals surface area contributed by atoms with Gasteiger partial charge >= 0.3 is 5.96 Å². The first-order chi connectivity index (χ1) is 19.0. The Balaban J connectivity index is 1.27. The second kappa shape index (κ2) is 8.86. The Bertz CT molecular complexity index is 1420. The maximum atomic E-state index is 13.6. The van der Waals surface area contributed by atoms with E-state index < -0.39 is 35.5 Å². The third-order valence-corrected chi connectivity index (χ3v) is 8.47. The van der Waals surface area contributed by atoms with E-state index in [1.54, 1.807) is 30.5 Å². The highest BCUT2D eigenvalue weighted by Crippen LogP contribution is 2.43. The van der Waals surface area contributed by atoms with Crippen LogP contribution < -0.4 is 37.1 Å². The summed E-state index contributed by atoms with van der Waals surface area (Å²) in [5, 5.41) is 31.9. The van der Waals surface area contributed by atoms with Crippen molar-refractivity contribution in [1.29, 1.82) is 0 Å². The summed E-state index contributed by atoms with van der Waals surface area (Å²) in [6.45, 7) is 4.60. The molecule has 2 amide bonds. The Morgan fingerprint density at radius 1 is 1.23 bits per heavy atom. The van der Waals surface area contributed by atoms with Crippen molar-refractivity contribution in [3.05, 3.63) is 53.3 Å². The van der Waals surface area contributed by atoms with Gasteiger partial charge in [0, 0.05) is 18.3 Å². The van der Waals surface area contributed by atoms with Gasteiger partial charge in [0.2, 0.25) is 5.79 Å². The van der Waals surface area contributed by atoms with Gasteiger partial charge in [0.1, 0.15) is 23.5 Å². The highest BCUT2D eigenvalue weighted by molar-refractivity contribution is 5.98. The molecule has 1 spiro atoms. The fourth-order valence-electron chi connectivity index (χ4n) is 6.29. The van der Waals surface area contributed by atoms with E-state index in [0.717, 1.165) is 12.0 Å². The summed E-state index contributed by atoms with van der Waals surface area (Å²) < 4.78 is 5.89. The minimum absolute atomic E-state index is 0.00534. The summed E-state index contributed by atoms with van der Waals surface area (Å²) in [4.78, 5) is 38.0. The molecular weight excluding hydrogens is 518 g/mol. The average Bonchev–Trinajstić information content (AvgIpc) is 3.61. The van der Waals surface area contributed by atoms with Crippen LogP contribution in [0, 0.1) is 0 Å². The number of H-pyrrole nitrogens is 1. The number of carbonyl (C=O) groups excluding carboxylic acids is 2. The van der Waals surface area contributed by atoms with Gasteiger partial charge in [0.15, 0.2) is 12.0 Å². The Hall–Kier alpha value is -4.30. The summed E-state index contributed by atoms with van der Waals surface area (Å²) in [6, 6.07) is 5.95. The molecule has 2 unspecified atom stereocenters. The number of para-hydroxylation sites is 1. The van der Waals surface area contributed by atoms with Crippen LogP contribution in [0.1, 0.15) is 46.7 Å². The Morgan fingerprint density at radius 2 is 2.02 bits per heavy atom. The smallest absolute Gasteiger partial charge is 0.343 e. The molecular formula is C26H34N9O5+. The number of nitrogens with two attached hydrogens (primary N) is 2. The number of aliphatic hydroxyl groups is 2. The molecule has 5 heterocycles. The lowest BCUT2D eigenvalue weighted by atomic mass is 9.79. The van der Waals surface area contributed by atoms with Gasteiger partial charge in [-0.25, -0.2) is 10.3 Å². The third-order valence-electron chi connectivity index (χ3n) is 8.47. The molecule has 1 aromatic heterocycles. The number of aromatic amines is 1. The number of carbonyl (C=O) groups is 2. The molecule has 212 valence electrons. The number of guanidine groups is 2. The number of rotatable bonds is 5. The first-order valence-electron chi connectivity index (χ1n) is 13.2. The van der Waals surface area contributed by atoms with Gasteiger partial charge in [-0.2, -0.15) is 0 Å². The van der Waals surface area contributed by atoms with E-state index in [0.29, 0.717) is 23.6 Å². The molecule has 0 aliphatic carbocycles. The zero-order chi connectivity index (χ0) is 28.4. The van der Waals surface area contributed by atoms with E-state index >= 15 is 0 Å². The Morgan fingerprint density at radius 3 is 2.77 bits per heavy atom. The van der Waals surface area contributed by atoms with E-state index in [9.17, 15) is 19.8 Å². The standard InChI is InChI=1S/C26H33N9O5/c1-24(2)8-10-40-18-13(5-3-6-14(18)24)20(36)32-17-12-35-23(28)31-16(11-30-21(37)15-7-4-9-29-15)19-25(35,26(17,38)39)34-22(27)33-19/h3-7,9,16-17,19,29,38-39H,8,10-12H2,1-2H3,(H2,28,31)(H,30,37)(H,32,36)(H3,27,33,34)/p+1/t16-,17?,19-,25?/m0/s1. The number of aromatic nitrogens is 1. The number of aliphatic imine (C=N–C) groups is 1. The van der Waals surface area contributed by atoms with E-state index in [4.69, 9.17) is 16.2 Å². The molecule has 1 saturated heterocycles. The monoisotopic (exact) mass is 552 g/mol. The van der Waals surface area contributed by atoms with Gasteiger partial charge in [0.25, 0.3) is 17.5 Å². The molecule has 14 nitrogen and oxygen atoms in total. The second-order valence-electron chi connectivity index (χ2n) is 11.3. The van der Waals surface area contributed by atoms with Crippen molar-refractivity contribution < 1.29 is 29.5 Å². The number of hydrogen-bond donors (Lipinski definition) is 9. The fourth-order valence-corrected chi connectivity index (χ4v) is 6.29. The van der Waals surface area contributed by atoms with Crippen molar-refractivity contribution in [2.75, 3.05) is 19.7 Å². The van der Waals surface area contributed by atoms with Crippen LogP contribution >= 0.6 is 0 Å². The Labute approximate surface area is 229 Å². The molecule has 0 radical (unpaired) electrons. The maximum absolute atomic E-state index is 13.6. The topological polar surface area (TPSA) is 217 Å². The van der Waals surface area contributed by atoms with Crippen LogP contribution in [0.5, 0.6) is 5.75 Å². The minimum atomic E-state index is -2.57. The van der Waals surface area contributed by atoms with E-state index in [2.05, 4.69) is 44.8 Å². The number of amides is 2. The largest absolute Gasteiger partial charge is 0.492 e. The van der Waals surface area contributed by atoms with Crippen LogP contribution in [-0.4, -0.2) is 93.1 Å². The summed E-state index contributed by atoms with van der Waals surface area (Å²) in [6.07, 6.45) is 2.44. The van der Waals surface area contributed by atoms with E-state index in [-0.39, 0.29) is 36.3 Å². The summed E-state index contributed by atoms with van der Waals surface area (Å²) in [5.74, 6) is -2.88. The molecule has 4 atom stereocenters. The minimum Gasteiger partial charge on any atom is -0.492 e. The van der Waals surface area contributed by atoms with Crippen molar-refractivity contribution in [2.45, 2.75) is 55.3 Å². The zero-order valence-electron chi connectivity index (χ0n) is 22.2. The van der Waals surface area contributed by atoms with Gasteiger partial charge < -0.3 is 36.3 Å². The Kier molecular flexibility index (Phi) is 5.75. The molecule has 1 aromatic carbocycles. The van der Waals surface area contributed by atoms with Crippen molar-refractivity contribution >= 4 is 23.7 Å². The zero-order valence-corrected chi connectivity index (χ0v) is 22.2.